The van der Waals surface area contributed by atoms with Crippen LogP contribution in [0, 0.1) is 11.8 Å². The Morgan fingerprint density at radius 3 is 2.40 bits per heavy atom. The van der Waals surface area contributed by atoms with Gasteiger partial charge in [-0.25, -0.2) is 4.79 Å². The quantitative estimate of drug-likeness (QED) is 0.797. The van der Waals surface area contributed by atoms with Gasteiger partial charge in [-0.2, -0.15) is 0 Å². The van der Waals surface area contributed by atoms with Crippen LogP contribution < -0.4 is 5.32 Å². The van der Waals surface area contributed by atoms with Crippen molar-refractivity contribution in [1.29, 1.82) is 0 Å². The number of carbonyl (C=O) groups is 2. The second kappa shape index (κ2) is 6.43. The number of carboxylic acids is 1. The molecule has 2 amide bonds. The number of nitrogens with zero attached hydrogens (tertiary/aromatic N) is 1. The molecule has 2 saturated heterocycles. The van der Waals surface area contributed by atoms with Crippen molar-refractivity contribution in [3.05, 3.63) is 0 Å². The zero-order valence-electron chi connectivity index (χ0n) is 12.2. The normalized spacial score (nSPS) is 26.6. The molecule has 2 aliphatic heterocycles. The number of rotatable bonds is 5. The molecule has 2 aliphatic rings. The zero-order valence-corrected chi connectivity index (χ0v) is 12.2. The van der Waals surface area contributed by atoms with Gasteiger partial charge < -0.3 is 20.1 Å². The molecular weight excluding hydrogens is 260 g/mol. The molecule has 0 aromatic rings. The van der Waals surface area contributed by atoms with Crippen LogP contribution >= 0.6 is 0 Å². The molecule has 0 aliphatic carbocycles. The van der Waals surface area contributed by atoms with Crippen molar-refractivity contribution in [3.8, 4) is 0 Å². The Hall–Kier alpha value is -1.30. The van der Waals surface area contributed by atoms with Gasteiger partial charge in [0, 0.05) is 19.6 Å². The second-order valence-corrected chi connectivity index (χ2v) is 6.21. The summed E-state index contributed by atoms with van der Waals surface area (Å²) in [7, 11) is 0. The summed E-state index contributed by atoms with van der Waals surface area (Å²) < 4.78 is 5.68. The van der Waals surface area contributed by atoms with Crippen molar-refractivity contribution in [3.63, 3.8) is 0 Å². The van der Waals surface area contributed by atoms with E-state index < -0.39 is 11.9 Å². The Bertz CT molecular complexity index is 360. The van der Waals surface area contributed by atoms with E-state index in [2.05, 4.69) is 5.32 Å². The third-order valence-electron chi connectivity index (χ3n) is 3.94. The summed E-state index contributed by atoms with van der Waals surface area (Å²) in [5.74, 6) is -1.06. The Labute approximate surface area is 119 Å². The minimum absolute atomic E-state index is 0.158. The number of morpholine rings is 1. The summed E-state index contributed by atoms with van der Waals surface area (Å²) in [4.78, 5) is 25.0. The number of carbonyl (C=O) groups excluding carboxylic acids is 1. The first-order valence-corrected chi connectivity index (χ1v) is 7.36. The van der Waals surface area contributed by atoms with Crippen LogP contribution in [-0.4, -0.2) is 53.8 Å². The third kappa shape index (κ3) is 3.85. The number of hydrogen-bond acceptors (Lipinski definition) is 3. The van der Waals surface area contributed by atoms with Gasteiger partial charge in [0.1, 0.15) is 0 Å². The molecule has 0 saturated carbocycles. The predicted octanol–water partition coefficient (Wildman–Crippen LogP) is 1.31. The van der Waals surface area contributed by atoms with Crippen LogP contribution in [-0.2, 0) is 9.53 Å². The van der Waals surface area contributed by atoms with Crippen LogP contribution in [0.1, 0.15) is 33.1 Å². The molecule has 6 heteroatoms. The van der Waals surface area contributed by atoms with Gasteiger partial charge in [0.15, 0.2) is 0 Å². The molecular formula is C14H24N2O4. The molecule has 0 spiro atoms. The van der Waals surface area contributed by atoms with E-state index in [9.17, 15) is 9.59 Å². The van der Waals surface area contributed by atoms with Crippen molar-refractivity contribution in [2.75, 3.05) is 19.6 Å². The van der Waals surface area contributed by atoms with Crippen LogP contribution in [0.15, 0.2) is 0 Å². The van der Waals surface area contributed by atoms with Gasteiger partial charge in [-0.15, -0.1) is 0 Å². The van der Waals surface area contributed by atoms with E-state index in [1.807, 2.05) is 13.8 Å². The molecule has 3 atom stereocenters. The summed E-state index contributed by atoms with van der Waals surface area (Å²) in [6.45, 7) is 5.39. The fraction of sp³-hybridized carbons (Fsp3) is 0.857. The smallest absolute Gasteiger partial charge is 0.317 e. The van der Waals surface area contributed by atoms with E-state index in [0.717, 1.165) is 12.8 Å². The average Bonchev–Trinajstić information content (AvgIpc) is 2.72. The van der Waals surface area contributed by atoms with Gasteiger partial charge in [-0.05, 0) is 25.2 Å². The van der Waals surface area contributed by atoms with Gasteiger partial charge >= 0.3 is 12.0 Å². The SMILES string of the molecule is CC(C)CC(CNC(=O)N1CC2CCC(C1)O2)C(=O)O. The number of hydrogen-bond donors (Lipinski definition) is 2. The molecule has 2 N–H and O–H groups in total. The molecule has 2 bridgehead atoms. The largest absolute Gasteiger partial charge is 0.481 e. The highest BCUT2D eigenvalue weighted by Crippen LogP contribution is 2.26. The molecule has 6 nitrogen and oxygen atoms in total. The first-order chi connectivity index (χ1) is 9.45. The number of ether oxygens (including phenoxy) is 1. The monoisotopic (exact) mass is 284 g/mol. The summed E-state index contributed by atoms with van der Waals surface area (Å²) in [5.41, 5.74) is 0. The fourth-order valence-corrected chi connectivity index (χ4v) is 2.94. The standard InChI is InChI=1S/C14H24N2O4/c1-9(2)5-10(13(17)18)6-15-14(19)16-7-11-3-4-12(8-16)20-11/h9-12H,3-8H2,1-2H3,(H,15,19)(H,17,18). The second-order valence-electron chi connectivity index (χ2n) is 6.21. The Kier molecular flexibility index (Phi) is 4.86. The first kappa shape index (κ1) is 15.1. The Balaban J connectivity index is 1.80. The summed E-state index contributed by atoms with van der Waals surface area (Å²) in [6, 6.07) is -0.166. The van der Waals surface area contributed by atoms with E-state index in [4.69, 9.17) is 9.84 Å². The van der Waals surface area contributed by atoms with Crippen molar-refractivity contribution in [2.24, 2.45) is 11.8 Å². The van der Waals surface area contributed by atoms with Gasteiger partial charge in [0.2, 0.25) is 0 Å². The number of aliphatic carboxylic acids is 1. The molecule has 3 unspecified atom stereocenters. The van der Waals surface area contributed by atoms with Crippen LogP contribution in [0.4, 0.5) is 4.79 Å². The van der Waals surface area contributed by atoms with Crippen molar-refractivity contribution < 1.29 is 19.4 Å². The first-order valence-electron chi connectivity index (χ1n) is 7.36. The molecule has 20 heavy (non-hydrogen) atoms. The summed E-state index contributed by atoms with van der Waals surface area (Å²) >= 11 is 0. The number of amides is 2. The highest BCUT2D eigenvalue weighted by molar-refractivity contribution is 5.76. The van der Waals surface area contributed by atoms with Crippen molar-refractivity contribution in [1.82, 2.24) is 10.2 Å². The maximum atomic E-state index is 12.1. The lowest BCUT2D eigenvalue weighted by atomic mass is 9.97. The zero-order chi connectivity index (χ0) is 14.7. The molecule has 2 heterocycles. The maximum absolute atomic E-state index is 12.1. The Morgan fingerprint density at radius 2 is 1.90 bits per heavy atom. The van der Waals surface area contributed by atoms with E-state index >= 15 is 0 Å². The van der Waals surface area contributed by atoms with Crippen molar-refractivity contribution >= 4 is 12.0 Å². The highest BCUT2D eigenvalue weighted by Gasteiger charge is 2.35. The predicted molar refractivity (Wildman–Crippen MR) is 73.4 cm³/mol. The molecule has 0 radical (unpaired) electrons. The number of nitrogens with one attached hydrogen (secondary N) is 1. The summed E-state index contributed by atoms with van der Waals surface area (Å²) in [6.07, 6.45) is 2.92. The van der Waals surface area contributed by atoms with Crippen LogP contribution in [0.25, 0.3) is 0 Å². The van der Waals surface area contributed by atoms with Gasteiger partial charge in [-0.3, -0.25) is 4.79 Å². The van der Waals surface area contributed by atoms with E-state index in [-0.39, 0.29) is 24.8 Å². The number of likely N-dealkylation sites (tertiary alicyclic amines) is 1. The van der Waals surface area contributed by atoms with Crippen LogP contribution in [0.3, 0.4) is 0 Å². The number of carboxylic acid groups (broad SMARTS) is 1. The molecule has 114 valence electrons. The minimum atomic E-state index is -0.846. The third-order valence-corrected chi connectivity index (χ3v) is 3.94. The molecule has 0 aromatic heterocycles. The molecule has 2 fully saturated rings. The van der Waals surface area contributed by atoms with Crippen LogP contribution in [0.5, 0.6) is 0 Å². The molecule has 0 aromatic carbocycles. The summed E-state index contributed by atoms with van der Waals surface area (Å²) in [5, 5.41) is 11.9. The van der Waals surface area contributed by atoms with Crippen LogP contribution in [0.2, 0.25) is 0 Å². The molecule has 2 rings (SSSR count). The average molecular weight is 284 g/mol. The number of urea groups is 1. The topological polar surface area (TPSA) is 78.9 Å². The lowest BCUT2D eigenvalue weighted by molar-refractivity contribution is -0.142. The van der Waals surface area contributed by atoms with Gasteiger partial charge in [0.25, 0.3) is 0 Å². The van der Waals surface area contributed by atoms with Crippen molar-refractivity contribution in [2.45, 2.75) is 45.3 Å². The minimum Gasteiger partial charge on any atom is -0.481 e. The van der Waals surface area contributed by atoms with E-state index in [0.29, 0.717) is 25.4 Å². The Morgan fingerprint density at radius 1 is 1.30 bits per heavy atom. The van der Waals surface area contributed by atoms with Gasteiger partial charge in [0.05, 0.1) is 18.1 Å². The highest BCUT2D eigenvalue weighted by atomic mass is 16.5. The lowest BCUT2D eigenvalue weighted by Crippen LogP contribution is -2.51. The van der Waals surface area contributed by atoms with E-state index in [1.54, 1.807) is 4.90 Å². The fourth-order valence-electron chi connectivity index (χ4n) is 2.94. The maximum Gasteiger partial charge on any atom is 0.317 e. The van der Waals surface area contributed by atoms with E-state index in [1.165, 1.54) is 0 Å². The lowest BCUT2D eigenvalue weighted by Gasteiger charge is -2.32. The number of fused-ring (bicyclic) bond motifs is 2. The van der Waals surface area contributed by atoms with Gasteiger partial charge in [-0.1, -0.05) is 13.8 Å².